The van der Waals surface area contributed by atoms with Gasteiger partial charge in [-0.05, 0) is 31.1 Å². The van der Waals surface area contributed by atoms with Gasteiger partial charge in [-0.2, -0.15) is 11.8 Å². The lowest BCUT2D eigenvalue weighted by molar-refractivity contribution is -0.138. The van der Waals surface area contributed by atoms with Gasteiger partial charge in [0.2, 0.25) is 0 Å². The van der Waals surface area contributed by atoms with Crippen LogP contribution in [0, 0.1) is 11.8 Å². The minimum Gasteiger partial charge on any atom is -0.481 e. The molecular formula is C15H26N2O3S. The average molecular weight is 314 g/mol. The lowest BCUT2D eigenvalue weighted by atomic mass is 9.80. The number of nitrogens with zero attached hydrogens (tertiary/aromatic N) is 1. The highest BCUT2D eigenvalue weighted by Crippen LogP contribution is 2.29. The van der Waals surface area contributed by atoms with Gasteiger partial charge >= 0.3 is 12.0 Å². The predicted octanol–water partition coefficient (Wildman–Crippen LogP) is 2.41. The van der Waals surface area contributed by atoms with Crippen LogP contribution >= 0.6 is 11.8 Å². The van der Waals surface area contributed by atoms with Crippen molar-refractivity contribution >= 4 is 23.8 Å². The zero-order valence-corrected chi connectivity index (χ0v) is 13.7. The van der Waals surface area contributed by atoms with E-state index in [1.807, 2.05) is 0 Å². The first-order chi connectivity index (χ1) is 9.95. The molecule has 2 fully saturated rings. The number of aliphatic carboxylic acids is 1. The van der Waals surface area contributed by atoms with E-state index in [1.165, 1.54) is 6.42 Å². The van der Waals surface area contributed by atoms with Crippen molar-refractivity contribution < 1.29 is 14.7 Å². The maximum absolute atomic E-state index is 12.5. The lowest BCUT2D eigenvalue weighted by Gasteiger charge is -2.38. The average Bonchev–Trinajstić information content (AvgIpc) is 2.37. The maximum Gasteiger partial charge on any atom is 0.317 e. The van der Waals surface area contributed by atoms with E-state index in [1.54, 1.807) is 16.7 Å². The SMILES string of the molecule is CC1CC(C)CC(NC(=O)N2CCSCC2CC(=O)O)C1. The van der Waals surface area contributed by atoms with Gasteiger partial charge in [-0.25, -0.2) is 4.79 Å². The summed E-state index contributed by atoms with van der Waals surface area (Å²) in [5.41, 5.74) is 0. The van der Waals surface area contributed by atoms with Gasteiger partial charge in [0.25, 0.3) is 0 Å². The van der Waals surface area contributed by atoms with Crippen LogP contribution in [0.4, 0.5) is 4.79 Å². The van der Waals surface area contributed by atoms with E-state index >= 15 is 0 Å². The highest BCUT2D eigenvalue weighted by Gasteiger charge is 2.31. The standard InChI is InChI=1S/C15H26N2O3S/c1-10-5-11(2)7-12(6-10)16-15(20)17-3-4-21-9-13(17)8-14(18)19/h10-13H,3-9H2,1-2H3,(H,16,20)(H,18,19). The van der Waals surface area contributed by atoms with E-state index in [0.717, 1.165) is 24.3 Å². The highest BCUT2D eigenvalue weighted by molar-refractivity contribution is 7.99. The molecule has 5 nitrogen and oxygen atoms in total. The molecule has 21 heavy (non-hydrogen) atoms. The Morgan fingerprint density at radius 2 is 1.90 bits per heavy atom. The second kappa shape index (κ2) is 7.38. The molecule has 1 saturated heterocycles. The second-order valence-electron chi connectivity index (χ2n) is 6.58. The minimum absolute atomic E-state index is 0.0396. The third kappa shape index (κ3) is 4.80. The number of carboxylic acid groups (broad SMARTS) is 1. The Balaban J connectivity index is 1.92. The van der Waals surface area contributed by atoms with Crippen LogP contribution in [0.15, 0.2) is 0 Å². The zero-order chi connectivity index (χ0) is 15.4. The summed E-state index contributed by atoms with van der Waals surface area (Å²) in [6.07, 6.45) is 3.33. The van der Waals surface area contributed by atoms with Crippen LogP contribution in [0.3, 0.4) is 0 Å². The van der Waals surface area contributed by atoms with Crippen LogP contribution in [-0.4, -0.2) is 52.1 Å². The smallest absolute Gasteiger partial charge is 0.317 e. The number of hydrogen-bond donors (Lipinski definition) is 2. The molecule has 2 amide bonds. The van der Waals surface area contributed by atoms with Crippen molar-refractivity contribution in [2.45, 2.75) is 51.6 Å². The normalized spacial score (nSPS) is 33.5. The van der Waals surface area contributed by atoms with Crippen LogP contribution in [0.2, 0.25) is 0 Å². The molecule has 120 valence electrons. The van der Waals surface area contributed by atoms with E-state index in [2.05, 4.69) is 19.2 Å². The molecule has 2 aliphatic rings. The minimum atomic E-state index is -0.833. The molecule has 0 aromatic carbocycles. The first kappa shape index (κ1) is 16.5. The van der Waals surface area contributed by atoms with E-state index in [-0.39, 0.29) is 24.5 Å². The first-order valence-corrected chi connectivity index (χ1v) is 8.97. The largest absolute Gasteiger partial charge is 0.481 e. The molecule has 6 heteroatoms. The van der Waals surface area contributed by atoms with E-state index in [9.17, 15) is 9.59 Å². The van der Waals surface area contributed by atoms with Crippen molar-refractivity contribution in [3.05, 3.63) is 0 Å². The number of rotatable bonds is 3. The highest BCUT2D eigenvalue weighted by atomic mass is 32.2. The zero-order valence-electron chi connectivity index (χ0n) is 12.9. The second-order valence-corrected chi connectivity index (χ2v) is 7.73. The van der Waals surface area contributed by atoms with Gasteiger partial charge in [-0.15, -0.1) is 0 Å². The summed E-state index contributed by atoms with van der Waals surface area (Å²) in [6.45, 7) is 5.12. The van der Waals surface area contributed by atoms with E-state index in [4.69, 9.17) is 5.11 Å². The Kier molecular flexibility index (Phi) is 5.79. The Bertz CT molecular complexity index is 381. The number of carbonyl (C=O) groups excluding carboxylic acids is 1. The fourth-order valence-electron chi connectivity index (χ4n) is 3.62. The van der Waals surface area contributed by atoms with Gasteiger partial charge in [0.1, 0.15) is 0 Å². The number of hydrogen-bond acceptors (Lipinski definition) is 3. The fourth-order valence-corrected chi connectivity index (χ4v) is 4.68. The Hall–Kier alpha value is -0.910. The quantitative estimate of drug-likeness (QED) is 0.839. The van der Waals surface area contributed by atoms with E-state index in [0.29, 0.717) is 18.4 Å². The lowest BCUT2D eigenvalue weighted by Crippen LogP contribution is -2.54. The molecule has 0 bridgehead atoms. The van der Waals surface area contributed by atoms with Crippen LogP contribution in [0.25, 0.3) is 0 Å². The predicted molar refractivity (Wildman–Crippen MR) is 84.6 cm³/mol. The third-order valence-corrected chi connectivity index (χ3v) is 5.50. The summed E-state index contributed by atoms with van der Waals surface area (Å²) in [6, 6.07) is -0.0242. The fraction of sp³-hybridized carbons (Fsp3) is 0.867. The van der Waals surface area contributed by atoms with Crippen molar-refractivity contribution in [3.63, 3.8) is 0 Å². The van der Waals surface area contributed by atoms with Crippen LogP contribution < -0.4 is 5.32 Å². The monoisotopic (exact) mass is 314 g/mol. The number of carbonyl (C=O) groups is 2. The summed E-state index contributed by atoms with van der Waals surface area (Å²) in [5, 5.41) is 12.1. The molecule has 2 N–H and O–H groups in total. The molecule has 3 unspecified atom stereocenters. The number of amides is 2. The molecule has 0 aromatic heterocycles. The summed E-state index contributed by atoms with van der Waals surface area (Å²) in [5.74, 6) is 2.06. The number of carboxylic acids is 1. The van der Waals surface area contributed by atoms with Gasteiger partial charge in [-0.1, -0.05) is 13.8 Å². The van der Waals surface area contributed by atoms with Crippen LogP contribution in [0.1, 0.15) is 39.5 Å². The molecule has 2 rings (SSSR count). The van der Waals surface area contributed by atoms with Gasteiger partial charge in [0.15, 0.2) is 0 Å². The molecule has 3 atom stereocenters. The molecule has 1 aliphatic carbocycles. The molecule has 0 aromatic rings. The van der Waals surface area contributed by atoms with Crippen LogP contribution in [0.5, 0.6) is 0 Å². The van der Waals surface area contributed by atoms with Crippen molar-refractivity contribution in [2.24, 2.45) is 11.8 Å². The Morgan fingerprint density at radius 3 is 2.52 bits per heavy atom. The summed E-state index contributed by atoms with van der Waals surface area (Å²) >= 11 is 1.73. The maximum atomic E-state index is 12.5. The van der Waals surface area contributed by atoms with Gasteiger partial charge in [0.05, 0.1) is 12.5 Å². The Morgan fingerprint density at radius 1 is 1.24 bits per heavy atom. The van der Waals surface area contributed by atoms with Crippen molar-refractivity contribution in [1.82, 2.24) is 10.2 Å². The molecule has 1 saturated carbocycles. The summed E-state index contributed by atoms with van der Waals surface area (Å²) in [7, 11) is 0. The van der Waals surface area contributed by atoms with Gasteiger partial charge in [0, 0.05) is 24.1 Å². The van der Waals surface area contributed by atoms with Crippen molar-refractivity contribution in [3.8, 4) is 0 Å². The topological polar surface area (TPSA) is 69.6 Å². The van der Waals surface area contributed by atoms with Gasteiger partial charge in [-0.3, -0.25) is 4.79 Å². The number of thioether (sulfide) groups is 1. The molecular weight excluding hydrogens is 288 g/mol. The molecule has 0 spiro atoms. The third-order valence-electron chi connectivity index (χ3n) is 4.40. The summed E-state index contributed by atoms with van der Waals surface area (Å²) < 4.78 is 0. The molecule has 0 radical (unpaired) electrons. The van der Waals surface area contributed by atoms with Crippen molar-refractivity contribution in [2.75, 3.05) is 18.1 Å². The van der Waals surface area contributed by atoms with Gasteiger partial charge < -0.3 is 15.3 Å². The first-order valence-electron chi connectivity index (χ1n) is 7.82. The summed E-state index contributed by atoms with van der Waals surface area (Å²) in [4.78, 5) is 25.2. The molecule has 1 aliphatic heterocycles. The number of nitrogens with one attached hydrogen (secondary N) is 1. The Labute approximate surface area is 130 Å². The van der Waals surface area contributed by atoms with E-state index < -0.39 is 5.97 Å². The van der Waals surface area contributed by atoms with Crippen molar-refractivity contribution in [1.29, 1.82) is 0 Å². The van der Waals surface area contributed by atoms with Crippen LogP contribution in [-0.2, 0) is 4.79 Å². The number of urea groups is 1. The molecule has 1 heterocycles.